The number of hydrogen-bond acceptors (Lipinski definition) is 3. The molecule has 0 saturated carbocycles. The van der Waals surface area contributed by atoms with E-state index in [0.717, 1.165) is 5.56 Å². The molecule has 0 aliphatic heterocycles. The average molecular weight is 325 g/mol. The highest BCUT2D eigenvalue weighted by molar-refractivity contribution is 6.35. The zero-order valence-electron chi connectivity index (χ0n) is 11.0. The molecule has 6 heteroatoms. The molecule has 1 atom stereocenters. The maximum Gasteiger partial charge on any atom is 0.241 e. The molecule has 0 aromatic heterocycles. The number of carbonyl (C=O) groups is 1. The van der Waals surface area contributed by atoms with Crippen LogP contribution in [0.4, 0.5) is 5.69 Å². The summed E-state index contributed by atoms with van der Waals surface area (Å²) in [7, 11) is 0. The van der Waals surface area contributed by atoms with Gasteiger partial charge in [-0.15, -0.1) is 0 Å². The number of hydrogen-bond donors (Lipinski definition) is 3. The summed E-state index contributed by atoms with van der Waals surface area (Å²) < 4.78 is 0. The molecule has 0 spiro atoms. The summed E-state index contributed by atoms with van der Waals surface area (Å²) in [5.41, 5.74) is 7.15. The molecular weight excluding hydrogens is 311 g/mol. The van der Waals surface area contributed by atoms with E-state index in [1.165, 1.54) is 0 Å². The summed E-state index contributed by atoms with van der Waals surface area (Å²) in [6, 6.07) is 10.6. The van der Waals surface area contributed by atoms with Crippen LogP contribution in [0.25, 0.3) is 0 Å². The van der Waals surface area contributed by atoms with Gasteiger partial charge in [-0.3, -0.25) is 4.79 Å². The number of rotatable bonds is 4. The lowest BCUT2D eigenvalue weighted by Crippen LogP contribution is -2.37. The molecule has 4 nitrogen and oxygen atoms in total. The van der Waals surface area contributed by atoms with E-state index in [4.69, 9.17) is 28.9 Å². The molecule has 0 bridgehead atoms. The minimum absolute atomic E-state index is 0.169. The molecule has 0 radical (unpaired) electrons. The van der Waals surface area contributed by atoms with Gasteiger partial charge >= 0.3 is 0 Å². The molecule has 0 fully saturated rings. The van der Waals surface area contributed by atoms with E-state index < -0.39 is 6.04 Å². The lowest BCUT2D eigenvalue weighted by Gasteiger charge is -2.13. The SMILES string of the molecule is NC(Cc1ccc(O)cc1)C(=O)Nc1cc(Cl)ccc1Cl. The summed E-state index contributed by atoms with van der Waals surface area (Å²) in [4.78, 5) is 12.1. The molecule has 1 amide bonds. The number of phenolic OH excluding ortho intramolecular Hbond substituents is 1. The van der Waals surface area contributed by atoms with E-state index in [9.17, 15) is 9.90 Å². The summed E-state index contributed by atoms with van der Waals surface area (Å²) >= 11 is 11.8. The molecule has 0 heterocycles. The number of nitrogens with two attached hydrogens (primary N) is 1. The summed E-state index contributed by atoms with van der Waals surface area (Å²) in [5.74, 6) is -0.185. The van der Waals surface area contributed by atoms with Crippen molar-refractivity contribution in [3.05, 3.63) is 58.1 Å². The van der Waals surface area contributed by atoms with Crippen LogP contribution < -0.4 is 11.1 Å². The number of halogens is 2. The van der Waals surface area contributed by atoms with E-state index in [1.807, 2.05) is 0 Å². The van der Waals surface area contributed by atoms with Crippen LogP contribution in [0.5, 0.6) is 5.75 Å². The van der Waals surface area contributed by atoms with E-state index in [2.05, 4.69) is 5.32 Å². The van der Waals surface area contributed by atoms with Gasteiger partial charge in [0.15, 0.2) is 0 Å². The summed E-state index contributed by atoms with van der Waals surface area (Å²) in [5, 5.41) is 12.7. The second kappa shape index (κ2) is 6.80. The first kappa shape index (κ1) is 15.6. The van der Waals surface area contributed by atoms with Crippen molar-refractivity contribution in [2.45, 2.75) is 12.5 Å². The van der Waals surface area contributed by atoms with Gasteiger partial charge in [0.05, 0.1) is 16.8 Å². The molecule has 0 saturated heterocycles. The molecule has 2 aromatic carbocycles. The van der Waals surface area contributed by atoms with Crippen LogP contribution in [-0.2, 0) is 11.2 Å². The molecule has 2 rings (SSSR count). The monoisotopic (exact) mass is 324 g/mol. The number of nitrogens with one attached hydrogen (secondary N) is 1. The Morgan fingerprint density at radius 3 is 2.52 bits per heavy atom. The van der Waals surface area contributed by atoms with Gasteiger partial charge in [0, 0.05) is 5.02 Å². The van der Waals surface area contributed by atoms with Gasteiger partial charge in [-0.2, -0.15) is 0 Å². The Morgan fingerprint density at radius 1 is 1.19 bits per heavy atom. The van der Waals surface area contributed by atoms with Gasteiger partial charge in [-0.05, 0) is 42.3 Å². The number of carbonyl (C=O) groups excluding carboxylic acids is 1. The Labute approximate surface area is 132 Å². The maximum absolute atomic E-state index is 12.1. The van der Waals surface area contributed by atoms with Gasteiger partial charge in [-0.1, -0.05) is 35.3 Å². The van der Waals surface area contributed by atoms with Crippen LogP contribution in [-0.4, -0.2) is 17.1 Å². The fourth-order valence-corrected chi connectivity index (χ4v) is 2.13. The molecule has 110 valence electrons. The van der Waals surface area contributed by atoms with Crippen molar-refractivity contribution in [2.24, 2.45) is 5.73 Å². The van der Waals surface area contributed by atoms with Crippen LogP contribution in [0, 0.1) is 0 Å². The number of amides is 1. The first-order valence-electron chi connectivity index (χ1n) is 6.25. The van der Waals surface area contributed by atoms with Crippen molar-refractivity contribution in [2.75, 3.05) is 5.32 Å². The third-order valence-electron chi connectivity index (χ3n) is 2.92. The van der Waals surface area contributed by atoms with Gasteiger partial charge in [0.2, 0.25) is 5.91 Å². The van der Waals surface area contributed by atoms with Gasteiger partial charge in [0.1, 0.15) is 5.75 Å². The van der Waals surface area contributed by atoms with Crippen LogP contribution >= 0.6 is 23.2 Å². The number of phenols is 1. The van der Waals surface area contributed by atoms with Gasteiger partial charge in [-0.25, -0.2) is 0 Å². The van der Waals surface area contributed by atoms with Crippen LogP contribution in [0.15, 0.2) is 42.5 Å². The zero-order valence-corrected chi connectivity index (χ0v) is 12.5. The highest BCUT2D eigenvalue weighted by atomic mass is 35.5. The lowest BCUT2D eigenvalue weighted by atomic mass is 10.1. The van der Waals surface area contributed by atoms with Crippen LogP contribution in [0.2, 0.25) is 10.0 Å². The molecule has 2 aromatic rings. The lowest BCUT2D eigenvalue weighted by molar-refractivity contribution is -0.117. The van der Waals surface area contributed by atoms with Crippen molar-refractivity contribution in [3.8, 4) is 5.75 Å². The quantitative estimate of drug-likeness (QED) is 0.808. The Bertz CT molecular complexity index is 645. The highest BCUT2D eigenvalue weighted by Gasteiger charge is 2.15. The van der Waals surface area contributed by atoms with Gasteiger partial charge < -0.3 is 16.2 Å². The molecule has 0 aliphatic rings. The molecule has 0 aliphatic carbocycles. The number of aromatic hydroxyl groups is 1. The standard InChI is InChI=1S/C15H14Cl2N2O2/c16-10-3-6-12(17)14(8-10)19-15(21)13(18)7-9-1-4-11(20)5-2-9/h1-6,8,13,20H,7,18H2,(H,19,21). The van der Waals surface area contributed by atoms with Gasteiger partial charge in [0.25, 0.3) is 0 Å². The first-order valence-corrected chi connectivity index (χ1v) is 7.00. The Kier molecular flexibility index (Phi) is 5.07. The normalized spacial score (nSPS) is 12.0. The van der Waals surface area contributed by atoms with E-state index in [-0.39, 0.29) is 11.7 Å². The maximum atomic E-state index is 12.1. The Hall–Kier alpha value is -1.75. The summed E-state index contributed by atoms with van der Waals surface area (Å²) in [6.45, 7) is 0. The molecule has 4 N–H and O–H groups in total. The number of benzene rings is 2. The van der Waals surface area contributed by atoms with Crippen LogP contribution in [0.1, 0.15) is 5.56 Å². The first-order chi connectivity index (χ1) is 9.95. The summed E-state index contributed by atoms with van der Waals surface area (Å²) in [6.07, 6.45) is 0.351. The highest BCUT2D eigenvalue weighted by Crippen LogP contribution is 2.25. The molecule has 21 heavy (non-hydrogen) atoms. The van der Waals surface area contributed by atoms with Crippen molar-refractivity contribution in [1.82, 2.24) is 0 Å². The third kappa shape index (κ3) is 4.36. The van der Waals surface area contributed by atoms with E-state index in [1.54, 1.807) is 42.5 Å². The predicted octanol–water partition coefficient (Wildman–Crippen LogP) is 3.21. The zero-order chi connectivity index (χ0) is 15.4. The fraction of sp³-hybridized carbons (Fsp3) is 0.133. The average Bonchev–Trinajstić information content (AvgIpc) is 2.45. The second-order valence-electron chi connectivity index (χ2n) is 4.59. The topological polar surface area (TPSA) is 75.3 Å². The fourth-order valence-electron chi connectivity index (χ4n) is 1.80. The Morgan fingerprint density at radius 2 is 1.86 bits per heavy atom. The molecule has 1 unspecified atom stereocenters. The van der Waals surface area contributed by atoms with E-state index in [0.29, 0.717) is 22.2 Å². The smallest absolute Gasteiger partial charge is 0.241 e. The Balaban J connectivity index is 2.02. The van der Waals surface area contributed by atoms with E-state index >= 15 is 0 Å². The molecular formula is C15H14Cl2N2O2. The number of anilines is 1. The van der Waals surface area contributed by atoms with Crippen molar-refractivity contribution in [3.63, 3.8) is 0 Å². The van der Waals surface area contributed by atoms with Crippen LogP contribution in [0.3, 0.4) is 0 Å². The minimum Gasteiger partial charge on any atom is -0.508 e. The van der Waals surface area contributed by atoms with Crippen molar-refractivity contribution < 1.29 is 9.90 Å². The second-order valence-corrected chi connectivity index (χ2v) is 5.43. The largest absolute Gasteiger partial charge is 0.508 e. The van der Waals surface area contributed by atoms with Crippen molar-refractivity contribution >= 4 is 34.8 Å². The third-order valence-corrected chi connectivity index (χ3v) is 3.48. The predicted molar refractivity (Wildman–Crippen MR) is 84.9 cm³/mol. The minimum atomic E-state index is -0.732. The van der Waals surface area contributed by atoms with Crippen molar-refractivity contribution in [1.29, 1.82) is 0 Å².